The van der Waals surface area contributed by atoms with Crippen LogP contribution >= 0.6 is 0 Å². The van der Waals surface area contributed by atoms with Crippen molar-refractivity contribution in [1.82, 2.24) is 15.5 Å². The molecule has 1 unspecified atom stereocenters. The van der Waals surface area contributed by atoms with Gasteiger partial charge < -0.3 is 15.5 Å². The van der Waals surface area contributed by atoms with E-state index in [1.54, 1.807) is 24.3 Å². The van der Waals surface area contributed by atoms with Crippen LogP contribution in [0.3, 0.4) is 0 Å². The second-order valence-electron chi connectivity index (χ2n) is 10.8. The van der Waals surface area contributed by atoms with E-state index in [0.717, 1.165) is 37.9 Å². The quantitative estimate of drug-likeness (QED) is 0.111. The van der Waals surface area contributed by atoms with Gasteiger partial charge in [-0.15, -0.1) is 0 Å². The number of nitrogens with zero attached hydrogens (tertiary/aromatic N) is 3. The number of amides is 5. The number of nitro benzene ring substituents is 1. The number of benzene rings is 3. The third-order valence-corrected chi connectivity index (χ3v) is 7.84. The van der Waals surface area contributed by atoms with Gasteiger partial charge in [0, 0.05) is 42.9 Å². The van der Waals surface area contributed by atoms with Crippen molar-refractivity contribution in [2.75, 3.05) is 18.4 Å². The summed E-state index contributed by atoms with van der Waals surface area (Å²) in [5.74, 6) is -1.55. The van der Waals surface area contributed by atoms with Crippen molar-refractivity contribution < 1.29 is 24.1 Å². The average Bonchev–Trinajstić information content (AvgIpc) is 3.67. The number of urea groups is 1. The zero-order chi connectivity index (χ0) is 30.8. The number of hydrogen-bond acceptors (Lipinski definition) is 7. The summed E-state index contributed by atoms with van der Waals surface area (Å²) in [6, 6.07) is 18.3. The summed E-state index contributed by atoms with van der Waals surface area (Å²) in [6.07, 6.45) is 4.68. The number of hydrogen-bond donors (Lipinski definition) is 3. The van der Waals surface area contributed by atoms with Gasteiger partial charge in [0.25, 0.3) is 11.6 Å². The minimum atomic E-state index is -0.892. The van der Waals surface area contributed by atoms with E-state index in [1.807, 2.05) is 29.2 Å². The van der Waals surface area contributed by atoms with Gasteiger partial charge in [0.2, 0.25) is 11.8 Å². The number of nitro groups is 1. The second kappa shape index (κ2) is 11.9. The highest BCUT2D eigenvalue weighted by Crippen LogP contribution is 2.38. The van der Waals surface area contributed by atoms with Crippen molar-refractivity contribution in [3.63, 3.8) is 0 Å². The number of aliphatic imine (C=N–C) groups is 1. The Morgan fingerprint density at radius 1 is 0.977 bits per heavy atom. The molecule has 3 N–H and O–H groups in total. The van der Waals surface area contributed by atoms with Crippen molar-refractivity contribution in [1.29, 1.82) is 0 Å². The molecule has 0 spiro atoms. The molecule has 3 aromatic rings. The fourth-order valence-corrected chi connectivity index (χ4v) is 5.62. The van der Waals surface area contributed by atoms with E-state index in [-0.39, 0.29) is 23.2 Å². The van der Waals surface area contributed by atoms with E-state index < -0.39 is 22.8 Å². The number of likely N-dealkylation sites (tertiary alicyclic amines) is 1. The molecule has 0 bridgehead atoms. The lowest BCUT2D eigenvalue weighted by Crippen LogP contribution is -2.25. The van der Waals surface area contributed by atoms with Crippen molar-refractivity contribution >= 4 is 52.6 Å². The summed E-state index contributed by atoms with van der Waals surface area (Å²) in [7, 11) is 0. The summed E-state index contributed by atoms with van der Waals surface area (Å²) in [4.78, 5) is 66.3. The Morgan fingerprint density at radius 2 is 1.75 bits per heavy atom. The monoisotopic (exact) mass is 592 g/mol. The van der Waals surface area contributed by atoms with Gasteiger partial charge in [0.05, 0.1) is 16.3 Å². The lowest BCUT2D eigenvalue weighted by atomic mass is 9.89. The molecule has 0 radical (unpaired) electrons. The summed E-state index contributed by atoms with van der Waals surface area (Å²) in [5.41, 5.74) is 4.30. The molecule has 3 aromatic carbocycles. The molecule has 3 heterocycles. The van der Waals surface area contributed by atoms with E-state index in [1.165, 1.54) is 24.3 Å². The zero-order valence-corrected chi connectivity index (χ0v) is 23.5. The van der Waals surface area contributed by atoms with E-state index in [9.17, 15) is 29.3 Å². The fraction of sp³-hybridized carbons (Fsp3) is 0.219. The van der Waals surface area contributed by atoms with E-state index in [2.05, 4.69) is 16.0 Å². The Balaban J connectivity index is 1.31. The standard InChI is InChI=1S/C32H28N6O6/c39-27-4-2-16-37(27)15-1-3-19-5-9-21(10-6-19)29(28-24-18-23(38(43)44)13-14-25(24)34-31(28)41)33-22-11-7-20(8-12-22)17-26-30(40)36-32(42)35-26/h5-14,17-18,28H,1-4,15-16H2,(H,34,41)(H2,35,36,40,42). The van der Waals surface area contributed by atoms with Crippen LogP contribution in [0.15, 0.2) is 77.4 Å². The molecule has 12 nitrogen and oxygen atoms in total. The largest absolute Gasteiger partial charge is 0.343 e. The highest BCUT2D eigenvalue weighted by molar-refractivity contribution is 6.24. The first-order chi connectivity index (χ1) is 21.2. The maximum Gasteiger partial charge on any atom is 0.326 e. The number of aryl methyl sites for hydroxylation is 1. The topological polar surface area (TPSA) is 163 Å². The molecule has 2 saturated heterocycles. The highest BCUT2D eigenvalue weighted by atomic mass is 16.6. The average molecular weight is 593 g/mol. The minimum absolute atomic E-state index is 0.125. The molecule has 2 fully saturated rings. The number of fused-ring (bicyclic) bond motifs is 1. The van der Waals surface area contributed by atoms with Gasteiger partial charge in [-0.25, -0.2) is 4.79 Å². The number of carbonyl (C=O) groups excluding carboxylic acids is 4. The molecule has 3 aliphatic rings. The normalized spacial score (nSPS) is 18.8. The first kappa shape index (κ1) is 28.5. The van der Waals surface area contributed by atoms with Gasteiger partial charge in [0.15, 0.2) is 0 Å². The van der Waals surface area contributed by atoms with Crippen LogP contribution in [-0.4, -0.2) is 52.4 Å². The summed E-state index contributed by atoms with van der Waals surface area (Å²) in [5, 5.41) is 19.0. The fourth-order valence-electron chi connectivity index (χ4n) is 5.62. The van der Waals surface area contributed by atoms with E-state index in [0.29, 0.717) is 40.2 Å². The number of non-ortho nitro benzene ring substituents is 1. The zero-order valence-electron chi connectivity index (χ0n) is 23.5. The number of anilines is 1. The predicted octanol–water partition coefficient (Wildman–Crippen LogP) is 4.19. The number of carbonyl (C=O) groups is 4. The molecular weight excluding hydrogens is 564 g/mol. The van der Waals surface area contributed by atoms with Crippen LogP contribution in [0.25, 0.3) is 6.08 Å². The Bertz CT molecular complexity index is 1750. The number of nitrogens with one attached hydrogen (secondary N) is 3. The van der Waals surface area contributed by atoms with Crippen LogP contribution in [0.5, 0.6) is 0 Å². The molecular formula is C32H28N6O6. The maximum absolute atomic E-state index is 13.3. The highest BCUT2D eigenvalue weighted by Gasteiger charge is 2.36. The van der Waals surface area contributed by atoms with Crippen molar-refractivity contribution in [3.8, 4) is 0 Å². The molecule has 5 amide bonds. The second-order valence-corrected chi connectivity index (χ2v) is 10.8. The molecule has 3 aliphatic heterocycles. The maximum atomic E-state index is 13.3. The van der Waals surface area contributed by atoms with Gasteiger partial charge in [-0.2, -0.15) is 0 Å². The first-order valence-corrected chi connectivity index (χ1v) is 14.2. The van der Waals surface area contributed by atoms with Gasteiger partial charge >= 0.3 is 6.03 Å². The van der Waals surface area contributed by atoms with Crippen LogP contribution in [-0.2, 0) is 20.8 Å². The third-order valence-electron chi connectivity index (χ3n) is 7.84. The molecule has 0 aliphatic carbocycles. The Morgan fingerprint density at radius 3 is 2.41 bits per heavy atom. The van der Waals surface area contributed by atoms with Crippen LogP contribution in [0, 0.1) is 10.1 Å². The van der Waals surface area contributed by atoms with Crippen LogP contribution in [0.4, 0.5) is 21.9 Å². The van der Waals surface area contributed by atoms with Crippen molar-refractivity contribution in [3.05, 3.63) is 105 Å². The first-order valence-electron chi connectivity index (χ1n) is 14.2. The van der Waals surface area contributed by atoms with Crippen LogP contribution in [0.2, 0.25) is 0 Å². The Labute approximate surface area is 252 Å². The summed E-state index contributed by atoms with van der Waals surface area (Å²) in [6.45, 7) is 1.53. The van der Waals surface area contributed by atoms with Crippen LogP contribution in [0.1, 0.15) is 47.4 Å². The van der Waals surface area contributed by atoms with Crippen molar-refractivity contribution in [2.45, 2.75) is 31.6 Å². The smallest absolute Gasteiger partial charge is 0.326 e. The van der Waals surface area contributed by atoms with E-state index >= 15 is 0 Å². The molecule has 6 rings (SSSR count). The van der Waals surface area contributed by atoms with Gasteiger partial charge in [-0.3, -0.25) is 34.8 Å². The van der Waals surface area contributed by atoms with Gasteiger partial charge in [0.1, 0.15) is 11.6 Å². The molecule has 12 heteroatoms. The van der Waals surface area contributed by atoms with E-state index in [4.69, 9.17) is 4.99 Å². The molecule has 0 aromatic heterocycles. The van der Waals surface area contributed by atoms with Crippen molar-refractivity contribution in [2.24, 2.45) is 4.99 Å². The third kappa shape index (κ3) is 5.95. The lowest BCUT2D eigenvalue weighted by molar-refractivity contribution is -0.384. The number of rotatable bonds is 9. The van der Waals surface area contributed by atoms with Crippen LogP contribution < -0.4 is 16.0 Å². The Kier molecular flexibility index (Phi) is 7.71. The molecule has 44 heavy (non-hydrogen) atoms. The summed E-state index contributed by atoms with van der Waals surface area (Å²) < 4.78 is 0. The molecule has 1 atom stereocenters. The predicted molar refractivity (Wildman–Crippen MR) is 162 cm³/mol. The number of imide groups is 1. The van der Waals surface area contributed by atoms with Gasteiger partial charge in [-0.05, 0) is 60.2 Å². The molecule has 222 valence electrons. The lowest BCUT2D eigenvalue weighted by Gasteiger charge is -2.16. The molecule has 0 saturated carbocycles. The SMILES string of the molecule is O=C1NC(=O)C(=Cc2ccc(N=C(c3ccc(CCCN4CCCC4=O)cc3)C3C(=O)Nc4ccc([N+](=O)[O-])cc43)cc2)N1. The minimum Gasteiger partial charge on any atom is -0.343 e. The summed E-state index contributed by atoms with van der Waals surface area (Å²) >= 11 is 0. The Hall–Kier alpha value is -5.65. The van der Waals surface area contributed by atoms with Gasteiger partial charge in [-0.1, -0.05) is 36.4 Å².